The van der Waals surface area contributed by atoms with E-state index in [0.717, 1.165) is 31.2 Å². The van der Waals surface area contributed by atoms with Crippen LogP contribution >= 0.6 is 11.6 Å². The molecule has 1 aliphatic carbocycles. The van der Waals surface area contributed by atoms with Crippen LogP contribution in [0.3, 0.4) is 0 Å². The molecule has 0 spiro atoms. The Morgan fingerprint density at radius 3 is 2.39 bits per heavy atom. The summed E-state index contributed by atoms with van der Waals surface area (Å²) in [6.07, 6.45) is 8.29. The Morgan fingerprint density at radius 1 is 1.00 bits per heavy atom. The topological polar surface area (TPSA) is 52.6 Å². The number of esters is 1. The van der Waals surface area contributed by atoms with Crippen molar-refractivity contribution in [1.29, 1.82) is 0 Å². The molecule has 28 heavy (non-hydrogen) atoms. The van der Waals surface area contributed by atoms with Gasteiger partial charge in [-0.3, -0.25) is 9.59 Å². The Labute approximate surface area is 170 Å². The van der Waals surface area contributed by atoms with Crippen molar-refractivity contribution in [3.8, 4) is 11.5 Å². The fourth-order valence-corrected chi connectivity index (χ4v) is 3.41. The number of carbonyl (C=O) groups is 2. The van der Waals surface area contributed by atoms with E-state index in [2.05, 4.69) is 0 Å². The first-order chi connectivity index (χ1) is 13.6. The highest BCUT2D eigenvalue weighted by Gasteiger charge is 2.24. The van der Waals surface area contributed by atoms with Gasteiger partial charge in [0.15, 0.2) is 17.3 Å². The van der Waals surface area contributed by atoms with E-state index in [9.17, 15) is 9.59 Å². The molecule has 0 amide bonds. The van der Waals surface area contributed by atoms with E-state index in [1.165, 1.54) is 19.6 Å². The van der Waals surface area contributed by atoms with Gasteiger partial charge in [-0.15, -0.1) is 0 Å². The molecule has 0 heterocycles. The zero-order valence-electron chi connectivity index (χ0n) is 15.8. The first-order valence-electron chi connectivity index (χ1n) is 9.44. The summed E-state index contributed by atoms with van der Waals surface area (Å²) < 4.78 is 10.9. The summed E-state index contributed by atoms with van der Waals surface area (Å²) in [7, 11) is 1.53. The van der Waals surface area contributed by atoms with E-state index >= 15 is 0 Å². The second kappa shape index (κ2) is 9.56. The molecule has 4 nitrogen and oxygen atoms in total. The van der Waals surface area contributed by atoms with Gasteiger partial charge in [0.1, 0.15) is 0 Å². The lowest BCUT2D eigenvalue weighted by molar-refractivity contribution is -0.140. The number of ketones is 1. The molecule has 1 fully saturated rings. The number of hydrogen-bond acceptors (Lipinski definition) is 4. The van der Waals surface area contributed by atoms with Gasteiger partial charge in [-0.2, -0.15) is 0 Å². The lowest BCUT2D eigenvalue weighted by Crippen LogP contribution is -2.22. The van der Waals surface area contributed by atoms with E-state index in [0.29, 0.717) is 22.1 Å². The molecule has 2 aromatic rings. The Hall–Kier alpha value is -2.59. The van der Waals surface area contributed by atoms with Gasteiger partial charge < -0.3 is 9.47 Å². The highest BCUT2D eigenvalue weighted by Crippen LogP contribution is 2.31. The highest BCUT2D eigenvalue weighted by molar-refractivity contribution is 6.30. The minimum Gasteiger partial charge on any atom is -0.493 e. The van der Waals surface area contributed by atoms with Gasteiger partial charge >= 0.3 is 5.97 Å². The summed E-state index contributed by atoms with van der Waals surface area (Å²) >= 11 is 5.84. The average Bonchev–Trinajstić information content (AvgIpc) is 2.73. The molecule has 5 heteroatoms. The minimum atomic E-state index is -0.195. The van der Waals surface area contributed by atoms with E-state index in [-0.39, 0.29) is 17.7 Å². The maximum atomic E-state index is 12.4. The van der Waals surface area contributed by atoms with Gasteiger partial charge in [-0.1, -0.05) is 43.0 Å². The predicted octanol–water partition coefficient (Wildman–Crippen LogP) is 5.73. The number of ether oxygens (including phenoxy) is 2. The molecular formula is C23H23ClO4. The van der Waals surface area contributed by atoms with Crippen LogP contribution in [0, 0.1) is 5.92 Å². The Morgan fingerprint density at radius 2 is 1.71 bits per heavy atom. The summed E-state index contributed by atoms with van der Waals surface area (Å²) in [6, 6.07) is 12.0. The first kappa shape index (κ1) is 20.2. The molecule has 0 N–H and O–H groups in total. The van der Waals surface area contributed by atoms with Crippen LogP contribution in [-0.4, -0.2) is 18.9 Å². The number of allylic oxidation sites excluding steroid dienone is 1. The molecule has 0 atom stereocenters. The van der Waals surface area contributed by atoms with Crippen molar-refractivity contribution in [2.75, 3.05) is 7.11 Å². The second-order valence-electron chi connectivity index (χ2n) is 6.87. The van der Waals surface area contributed by atoms with Crippen LogP contribution in [0.2, 0.25) is 5.02 Å². The molecule has 3 rings (SSSR count). The monoisotopic (exact) mass is 398 g/mol. The summed E-state index contributed by atoms with van der Waals surface area (Å²) in [5.74, 6) is 0.516. The summed E-state index contributed by atoms with van der Waals surface area (Å²) in [6.45, 7) is 0. The fraction of sp³-hybridized carbons (Fsp3) is 0.304. The summed E-state index contributed by atoms with van der Waals surface area (Å²) in [4.78, 5) is 24.6. The van der Waals surface area contributed by atoms with E-state index in [1.807, 2.05) is 0 Å². The quantitative estimate of drug-likeness (QED) is 0.270. The third-order valence-electron chi connectivity index (χ3n) is 4.89. The molecule has 1 aliphatic rings. The Balaban J connectivity index is 1.69. The third kappa shape index (κ3) is 5.23. The SMILES string of the molecule is COc1cc(/C=C/C(=O)c2ccc(Cl)cc2)ccc1OC(=O)C1CCCCC1. The molecule has 0 bridgehead atoms. The van der Waals surface area contributed by atoms with Gasteiger partial charge in [0.05, 0.1) is 13.0 Å². The van der Waals surface area contributed by atoms with Gasteiger partial charge in [-0.05, 0) is 60.9 Å². The standard InChI is InChI=1S/C23H23ClO4/c1-27-22-15-16(7-13-20(25)17-9-11-19(24)12-10-17)8-14-21(22)28-23(26)18-5-3-2-4-6-18/h7-15,18H,2-6H2,1H3/b13-7+. The van der Waals surface area contributed by atoms with Gasteiger partial charge in [0.25, 0.3) is 0 Å². The minimum absolute atomic E-state index is 0.0324. The molecule has 146 valence electrons. The molecule has 0 aliphatic heterocycles. The smallest absolute Gasteiger partial charge is 0.314 e. The van der Waals surface area contributed by atoms with Gasteiger partial charge in [0.2, 0.25) is 0 Å². The van der Waals surface area contributed by atoms with Crippen molar-refractivity contribution in [2.24, 2.45) is 5.92 Å². The second-order valence-corrected chi connectivity index (χ2v) is 7.31. The molecule has 0 unspecified atom stereocenters. The Bertz CT molecular complexity index is 865. The van der Waals surface area contributed by atoms with Crippen LogP contribution in [0.4, 0.5) is 0 Å². The number of carbonyl (C=O) groups excluding carboxylic acids is 2. The molecular weight excluding hydrogens is 376 g/mol. The lowest BCUT2D eigenvalue weighted by atomic mass is 9.89. The molecule has 0 radical (unpaired) electrons. The van der Waals surface area contributed by atoms with Crippen molar-refractivity contribution in [3.05, 3.63) is 64.7 Å². The van der Waals surface area contributed by atoms with Crippen LogP contribution < -0.4 is 9.47 Å². The maximum Gasteiger partial charge on any atom is 0.314 e. The van der Waals surface area contributed by atoms with Crippen LogP contribution in [0.15, 0.2) is 48.5 Å². The number of rotatable bonds is 6. The number of benzene rings is 2. The normalized spacial score (nSPS) is 14.8. The van der Waals surface area contributed by atoms with Crippen LogP contribution in [0.1, 0.15) is 48.0 Å². The van der Waals surface area contributed by atoms with Crippen LogP contribution in [-0.2, 0) is 4.79 Å². The lowest BCUT2D eigenvalue weighted by Gasteiger charge is -2.20. The van der Waals surface area contributed by atoms with Gasteiger partial charge in [0, 0.05) is 10.6 Å². The van der Waals surface area contributed by atoms with Gasteiger partial charge in [-0.25, -0.2) is 0 Å². The average molecular weight is 399 g/mol. The Kier molecular flexibility index (Phi) is 6.88. The van der Waals surface area contributed by atoms with E-state index < -0.39 is 0 Å². The first-order valence-corrected chi connectivity index (χ1v) is 9.82. The largest absolute Gasteiger partial charge is 0.493 e. The zero-order chi connectivity index (χ0) is 19.9. The van der Waals surface area contributed by atoms with E-state index in [1.54, 1.807) is 48.5 Å². The summed E-state index contributed by atoms with van der Waals surface area (Å²) in [5, 5.41) is 0.587. The molecule has 0 aromatic heterocycles. The van der Waals surface area contributed by atoms with Crippen molar-refractivity contribution in [2.45, 2.75) is 32.1 Å². The van der Waals surface area contributed by atoms with Crippen LogP contribution in [0.5, 0.6) is 11.5 Å². The fourth-order valence-electron chi connectivity index (χ4n) is 3.28. The molecule has 1 saturated carbocycles. The van der Waals surface area contributed by atoms with E-state index in [4.69, 9.17) is 21.1 Å². The van der Waals surface area contributed by atoms with Crippen molar-refractivity contribution >= 4 is 29.4 Å². The maximum absolute atomic E-state index is 12.4. The number of hydrogen-bond donors (Lipinski definition) is 0. The van der Waals surface area contributed by atoms with Crippen molar-refractivity contribution in [3.63, 3.8) is 0 Å². The number of halogens is 1. The van der Waals surface area contributed by atoms with Crippen LogP contribution in [0.25, 0.3) is 6.08 Å². The van der Waals surface area contributed by atoms with Crippen molar-refractivity contribution < 1.29 is 19.1 Å². The summed E-state index contributed by atoms with van der Waals surface area (Å²) in [5.41, 5.74) is 1.34. The predicted molar refractivity (Wildman–Crippen MR) is 110 cm³/mol. The molecule has 2 aromatic carbocycles. The third-order valence-corrected chi connectivity index (χ3v) is 5.14. The number of methoxy groups -OCH3 is 1. The highest BCUT2D eigenvalue weighted by atomic mass is 35.5. The zero-order valence-corrected chi connectivity index (χ0v) is 16.6. The molecule has 0 saturated heterocycles. The van der Waals surface area contributed by atoms with Crippen molar-refractivity contribution in [1.82, 2.24) is 0 Å².